The minimum absolute atomic E-state index is 0.0214. The van der Waals surface area contributed by atoms with Crippen LogP contribution in [0.3, 0.4) is 0 Å². The number of aromatic nitrogens is 2. The normalized spacial score (nSPS) is 13.9. The molecule has 0 spiro atoms. The summed E-state index contributed by atoms with van der Waals surface area (Å²) in [5, 5.41) is 2.35. The maximum absolute atomic E-state index is 6.90. The van der Waals surface area contributed by atoms with Crippen molar-refractivity contribution in [2.75, 3.05) is 16.5 Å². The Hall–Kier alpha value is -5.81. The molecule has 0 N–H and O–H groups in total. The van der Waals surface area contributed by atoms with Crippen LogP contribution in [-0.4, -0.2) is 16.2 Å². The van der Waals surface area contributed by atoms with Gasteiger partial charge in [-0.25, -0.2) is 4.98 Å². The number of hydrogen-bond acceptors (Lipinski definition) is 4. The van der Waals surface area contributed by atoms with E-state index in [1.807, 2.05) is 6.20 Å². The van der Waals surface area contributed by atoms with Crippen molar-refractivity contribution in [3.8, 4) is 28.4 Å². The van der Waals surface area contributed by atoms with Crippen molar-refractivity contribution in [1.82, 2.24) is 9.55 Å². The third-order valence-electron chi connectivity index (χ3n) is 12.5. The van der Waals surface area contributed by atoms with Gasteiger partial charge in [0, 0.05) is 52.9 Å². The first-order valence-corrected chi connectivity index (χ1v) is 22.9. The van der Waals surface area contributed by atoms with Gasteiger partial charge in [-0.05, 0) is 128 Å². The number of para-hydroxylation sites is 1. The van der Waals surface area contributed by atoms with Gasteiger partial charge in [0.15, 0.2) is 0 Å². The molecule has 1 aliphatic rings. The average Bonchev–Trinajstić information content (AvgIpc) is 3.83. The van der Waals surface area contributed by atoms with Crippen LogP contribution in [0.1, 0.15) is 125 Å². The highest BCUT2D eigenvalue weighted by Crippen LogP contribution is 2.45. The molecule has 2 aromatic heterocycles. The molecule has 5 aromatic carbocycles. The van der Waals surface area contributed by atoms with E-state index in [0.717, 1.165) is 52.5 Å². The lowest BCUT2D eigenvalue weighted by Crippen LogP contribution is -2.25. The molecule has 0 bridgehead atoms. The monoisotopic (exact) mass is 837 g/mol. The molecule has 3 heterocycles. The van der Waals surface area contributed by atoms with Crippen LogP contribution < -0.4 is 14.5 Å². The van der Waals surface area contributed by atoms with Crippen LogP contribution in [0.2, 0.25) is 0 Å². The molecule has 0 saturated carbocycles. The van der Waals surface area contributed by atoms with Gasteiger partial charge in [0.25, 0.3) is 0 Å². The average molecular weight is 837 g/mol. The lowest BCUT2D eigenvalue weighted by Gasteiger charge is -2.34. The van der Waals surface area contributed by atoms with Crippen molar-refractivity contribution in [1.29, 1.82) is 0 Å². The highest BCUT2D eigenvalue weighted by Gasteiger charge is 2.30. The summed E-state index contributed by atoms with van der Waals surface area (Å²) in [7, 11) is 0. The van der Waals surface area contributed by atoms with Crippen LogP contribution >= 0.6 is 0 Å². The lowest BCUT2D eigenvalue weighted by atomic mass is 9.71. The van der Waals surface area contributed by atoms with E-state index in [2.05, 4.69) is 233 Å². The smallest absolute Gasteiger partial charge is 0.138 e. The molecule has 0 fully saturated rings. The highest BCUT2D eigenvalue weighted by atomic mass is 16.5. The van der Waals surface area contributed by atoms with Crippen molar-refractivity contribution >= 4 is 33.2 Å². The van der Waals surface area contributed by atoms with Gasteiger partial charge in [-0.15, -0.1) is 0 Å². The zero-order chi connectivity index (χ0) is 45.2. The summed E-state index contributed by atoms with van der Waals surface area (Å²) in [5.74, 6) is 3.00. The van der Waals surface area contributed by atoms with Crippen molar-refractivity contribution in [2.45, 2.75) is 125 Å². The molecule has 0 atom stereocenters. The molecule has 7 aromatic rings. The van der Waals surface area contributed by atoms with Gasteiger partial charge in [-0.1, -0.05) is 139 Å². The summed E-state index contributed by atoms with van der Waals surface area (Å²) in [4.78, 5) is 9.73. The number of anilines is 2. The van der Waals surface area contributed by atoms with Crippen LogP contribution in [0, 0.1) is 5.92 Å². The number of benzene rings is 5. The summed E-state index contributed by atoms with van der Waals surface area (Å²) in [6.07, 6.45) is 7.31. The van der Waals surface area contributed by atoms with Gasteiger partial charge < -0.3 is 14.5 Å². The molecule has 0 radical (unpaired) electrons. The fourth-order valence-electron chi connectivity index (χ4n) is 9.03. The third-order valence-corrected chi connectivity index (χ3v) is 12.5. The Balaban J connectivity index is 1.20. The van der Waals surface area contributed by atoms with Crippen LogP contribution in [0.5, 0.6) is 11.5 Å². The number of rotatable bonds is 8. The van der Waals surface area contributed by atoms with Crippen LogP contribution in [0.4, 0.5) is 11.4 Å². The van der Waals surface area contributed by atoms with Crippen molar-refractivity contribution in [3.63, 3.8) is 0 Å². The molecule has 8 rings (SSSR count). The lowest BCUT2D eigenvalue weighted by molar-refractivity contribution is 0.482. The number of ether oxygens (including phenoxy) is 1. The second kappa shape index (κ2) is 16.1. The Morgan fingerprint density at radius 3 is 1.86 bits per heavy atom. The quantitative estimate of drug-likeness (QED) is 0.153. The van der Waals surface area contributed by atoms with E-state index in [0.29, 0.717) is 5.92 Å². The molecule has 0 unspecified atom stereocenters. The highest BCUT2D eigenvalue weighted by molar-refractivity contribution is 6.09. The Morgan fingerprint density at radius 2 is 1.21 bits per heavy atom. The minimum atomic E-state index is -0.0755. The summed E-state index contributed by atoms with van der Waals surface area (Å²) in [6.45, 7) is 33.1. The number of nitrogens with zero attached hydrogens (tertiary/aromatic N) is 4. The largest absolute Gasteiger partial charge is 0.457 e. The van der Waals surface area contributed by atoms with Gasteiger partial charge in [0.2, 0.25) is 0 Å². The van der Waals surface area contributed by atoms with E-state index in [4.69, 9.17) is 9.72 Å². The first-order valence-electron chi connectivity index (χ1n) is 22.9. The predicted octanol–water partition coefficient (Wildman–Crippen LogP) is 15.8. The zero-order valence-electron chi connectivity index (χ0n) is 40.3. The van der Waals surface area contributed by atoms with E-state index in [9.17, 15) is 0 Å². The molecule has 63 heavy (non-hydrogen) atoms. The van der Waals surface area contributed by atoms with Crippen molar-refractivity contribution < 1.29 is 4.74 Å². The topological polar surface area (TPSA) is 33.5 Å². The molecule has 0 amide bonds. The molecular weight excluding hydrogens is 769 g/mol. The summed E-state index contributed by atoms with van der Waals surface area (Å²) in [6, 6.07) is 40.2. The maximum atomic E-state index is 6.90. The second-order valence-electron chi connectivity index (χ2n) is 22.3. The molecule has 1 aliphatic heterocycles. The van der Waals surface area contributed by atoms with Crippen LogP contribution in [-0.2, 0) is 28.1 Å². The van der Waals surface area contributed by atoms with Gasteiger partial charge in [0.05, 0.1) is 17.7 Å². The molecule has 5 nitrogen and oxygen atoms in total. The summed E-state index contributed by atoms with van der Waals surface area (Å²) < 4.78 is 9.22. The standard InChI is InChI=1S/C58H68N4O/c1-38(2)28-39-29-44(61-27-26-60(37-61)43-19-17-18-41(32-43)55(3,4)5)35-46(30-39)63-45-22-23-48-47-20-15-16-21-51(47)62(52(48)36-45)53-31-40(24-25-59-53)54-49(57(9,10)11)33-42(56(6,7)8)34-50(54)58(12,13)14/h15-27,29-36,38H,28,37H2,1-14H3. The van der Waals surface area contributed by atoms with E-state index in [1.54, 1.807) is 0 Å². The fourth-order valence-corrected chi connectivity index (χ4v) is 9.03. The Labute approximate surface area is 377 Å². The predicted molar refractivity (Wildman–Crippen MR) is 269 cm³/mol. The van der Waals surface area contributed by atoms with Gasteiger partial charge in [-0.2, -0.15) is 0 Å². The van der Waals surface area contributed by atoms with Crippen molar-refractivity contribution in [3.05, 3.63) is 156 Å². The number of hydrogen-bond donors (Lipinski definition) is 0. The zero-order valence-corrected chi connectivity index (χ0v) is 40.3. The molecule has 0 saturated heterocycles. The second-order valence-corrected chi connectivity index (χ2v) is 22.3. The van der Waals surface area contributed by atoms with E-state index in [-0.39, 0.29) is 21.7 Å². The summed E-state index contributed by atoms with van der Waals surface area (Å²) in [5.41, 5.74) is 13.6. The maximum Gasteiger partial charge on any atom is 0.138 e. The first kappa shape index (κ1) is 43.8. The molecule has 326 valence electrons. The molecule has 5 heteroatoms. The van der Waals surface area contributed by atoms with Crippen LogP contribution in [0.15, 0.2) is 128 Å². The number of pyridine rings is 1. The van der Waals surface area contributed by atoms with Gasteiger partial charge in [-0.3, -0.25) is 4.57 Å². The van der Waals surface area contributed by atoms with E-state index >= 15 is 0 Å². The van der Waals surface area contributed by atoms with E-state index < -0.39 is 0 Å². The summed E-state index contributed by atoms with van der Waals surface area (Å²) >= 11 is 0. The Kier molecular flexibility index (Phi) is 11.2. The molecular formula is C58H68N4O. The minimum Gasteiger partial charge on any atom is -0.457 e. The fraction of sp³-hybridized carbons (Fsp3) is 0.362. The molecule has 0 aliphatic carbocycles. The van der Waals surface area contributed by atoms with Gasteiger partial charge in [0.1, 0.15) is 17.3 Å². The Morgan fingerprint density at radius 1 is 0.556 bits per heavy atom. The number of fused-ring (bicyclic) bond motifs is 3. The Bertz CT molecular complexity index is 2810. The first-order chi connectivity index (χ1) is 29.5. The SMILES string of the molecule is CC(C)Cc1cc(Oc2ccc3c4ccccc4n(-c4cc(-c5c(C(C)(C)C)cc(C(C)(C)C)cc5C(C)(C)C)ccn4)c3c2)cc(N2C=CN(c3cccc(C(C)(C)C)c3)C2)c1. The van der Waals surface area contributed by atoms with Crippen LogP contribution in [0.25, 0.3) is 38.8 Å². The third kappa shape index (κ3) is 9.03. The van der Waals surface area contributed by atoms with E-state index in [1.165, 1.54) is 50.0 Å². The van der Waals surface area contributed by atoms with Crippen molar-refractivity contribution in [2.24, 2.45) is 5.92 Å². The van der Waals surface area contributed by atoms with Gasteiger partial charge >= 0.3 is 0 Å².